The monoisotopic (exact) mass is 284 g/mol. The minimum atomic E-state index is -0.153. The molecule has 0 aromatic carbocycles. The van der Waals surface area contributed by atoms with Gasteiger partial charge in [0.05, 0.1) is 13.0 Å². The third-order valence-corrected chi connectivity index (χ3v) is 3.74. The molecule has 104 valence electrons. The van der Waals surface area contributed by atoms with Crippen molar-refractivity contribution in [3.05, 3.63) is 11.3 Å². The maximum absolute atomic E-state index is 11.6. The van der Waals surface area contributed by atoms with Crippen LogP contribution in [0.4, 0.5) is 11.6 Å². The predicted octanol–water partition coefficient (Wildman–Crippen LogP) is 1.86. The number of rotatable bonds is 3. The fourth-order valence-electron chi connectivity index (χ4n) is 2.38. The Morgan fingerprint density at radius 3 is 3.05 bits per heavy atom. The van der Waals surface area contributed by atoms with E-state index in [1.54, 1.807) is 0 Å². The SMILES string of the molecule is COC(=O)[C@@H]1CCC[C@H](Nc2ncnc(N)c2Cl)C1. The van der Waals surface area contributed by atoms with Crippen molar-refractivity contribution >= 4 is 29.2 Å². The summed E-state index contributed by atoms with van der Waals surface area (Å²) in [5, 5.41) is 3.55. The summed E-state index contributed by atoms with van der Waals surface area (Å²) in [6.07, 6.45) is 4.88. The van der Waals surface area contributed by atoms with E-state index in [9.17, 15) is 4.79 Å². The van der Waals surface area contributed by atoms with Gasteiger partial charge >= 0.3 is 5.97 Å². The summed E-state index contributed by atoms with van der Waals surface area (Å²) >= 11 is 6.03. The van der Waals surface area contributed by atoms with E-state index in [2.05, 4.69) is 15.3 Å². The van der Waals surface area contributed by atoms with Gasteiger partial charge in [-0.2, -0.15) is 0 Å². The number of hydrogen-bond acceptors (Lipinski definition) is 6. The Kier molecular flexibility index (Phi) is 4.42. The number of ether oxygens (including phenoxy) is 1. The molecule has 1 fully saturated rings. The van der Waals surface area contributed by atoms with Crippen molar-refractivity contribution in [3.63, 3.8) is 0 Å². The van der Waals surface area contributed by atoms with Gasteiger partial charge in [-0.05, 0) is 19.3 Å². The average Bonchev–Trinajstić information content (AvgIpc) is 2.43. The highest BCUT2D eigenvalue weighted by Crippen LogP contribution is 2.30. The molecule has 2 atom stereocenters. The molecule has 2 rings (SSSR count). The third-order valence-electron chi connectivity index (χ3n) is 3.37. The summed E-state index contributed by atoms with van der Waals surface area (Å²) in [5.41, 5.74) is 5.63. The Balaban J connectivity index is 2.03. The largest absolute Gasteiger partial charge is 0.469 e. The first kappa shape index (κ1) is 13.9. The molecule has 1 aromatic rings. The molecule has 0 bridgehead atoms. The Morgan fingerprint density at radius 2 is 2.32 bits per heavy atom. The summed E-state index contributed by atoms with van der Waals surface area (Å²) in [6, 6.07) is 0.143. The maximum atomic E-state index is 11.6. The number of nitrogens with zero attached hydrogens (tertiary/aromatic N) is 2. The first-order chi connectivity index (χ1) is 9.11. The Morgan fingerprint density at radius 1 is 1.53 bits per heavy atom. The van der Waals surface area contributed by atoms with Crippen molar-refractivity contribution in [1.29, 1.82) is 0 Å². The average molecular weight is 285 g/mol. The van der Waals surface area contributed by atoms with Gasteiger partial charge in [-0.25, -0.2) is 9.97 Å². The minimum absolute atomic E-state index is 0.0609. The minimum Gasteiger partial charge on any atom is -0.469 e. The number of nitrogen functional groups attached to an aromatic ring is 1. The molecular formula is C12H17ClN4O2. The molecule has 0 spiro atoms. The molecular weight excluding hydrogens is 268 g/mol. The summed E-state index contributed by atoms with van der Waals surface area (Å²) in [7, 11) is 1.42. The summed E-state index contributed by atoms with van der Waals surface area (Å²) in [4.78, 5) is 19.4. The summed E-state index contributed by atoms with van der Waals surface area (Å²) in [6.45, 7) is 0. The second-order valence-electron chi connectivity index (χ2n) is 4.65. The van der Waals surface area contributed by atoms with Crippen molar-refractivity contribution in [2.75, 3.05) is 18.2 Å². The van der Waals surface area contributed by atoms with Crippen molar-refractivity contribution in [2.24, 2.45) is 5.92 Å². The Bertz CT molecular complexity index is 469. The zero-order valence-corrected chi connectivity index (χ0v) is 11.5. The molecule has 0 aliphatic heterocycles. The lowest BCUT2D eigenvalue weighted by Crippen LogP contribution is -2.32. The van der Waals surface area contributed by atoms with E-state index >= 15 is 0 Å². The molecule has 1 heterocycles. The van der Waals surface area contributed by atoms with Crippen LogP contribution in [0.1, 0.15) is 25.7 Å². The van der Waals surface area contributed by atoms with E-state index in [4.69, 9.17) is 22.1 Å². The molecule has 1 aliphatic rings. The van der Waals surface area contributed by atoms with Crippen LogP contribution in [-0.4, -0.2) is 29.1 Å². The van der Waals surface area contributed by atoms with Gasteiger partial charge in [0, 0.05) is 6.04 Å². The molecule has 1 aliphatic carbocycles. The molecule has 1 aromatic heterocycles. The third kappa shape index (κ3) is 3.26. The summed E-state index contributed by atoms with van der Waals surface area (Å²) in [5.74, 6) is 0.554. The quantitative estimate of drug-likeness (QED) is 0.823. The second-order valence-corrected chi connectivity index (χ2v) is 5.03. The van der Waals surface area contributed by atoms with Crippen LogP contribution >= 0.6 is 11.6 Å². The number of hydrogen-bond donors (Lipinski definition) is 2. The van der Waals surface area contributed by atoms with Crippen molar-refractivity contribution < 1.29 is 9.53 Å². The van der Waals surface area contributed by atoms with Gasteiger partial charge < -0.3 is 15.8 Å². The fourth-order valence-corrected chi connectivity index (χ4v) is 2.53. The lowest BCUT2D eigenvalue weighted by Gasteiger charge is -2.28. The lowest BCUT2D eigenvalue weighted by atomic mass is 9.86. The normalized spacial score (nSPS) is 22.8. The molecule has 19 heavy (non-hydrogen) atoms. The van der Waals surface area contributed by atoms with Crippen LogP contribution in [0, 0.1) is 5.92 Å². The Hall–Kier alpha value is -1.56. The number of esters is 1. The zero-order chi connectivity index (χ0) is 13.8. The maximum Gasteiger partial charge on any atom is 0.308 e. The molecule has 0 amide bonds. The van der Waals surface area contributed by atoms with Crippen molar-refractivity contribution in [1.82, 2.24) is 9.97 Å². The van der Waals surface area contributed by atoms with Gasteiger partial charge in [0.1, 0.15) is 17.2 Å². The molecule has 3 N–H and O–H groups in total. The number of nitrogens with two attached hydrogens (primary N) is 1. The number of carbonyl (C=O) groups excluding carboxylic acids is 1. The molecule has 6 nitrogen and oxygen atoms in total. The van der Waals surface area contributed by atoms with Crippen LogP contribution in [0.5, 0.6) is 0 Å². The zero-order valence-electron chi connectivity index (χ0n) is 10.7. The van der Waals surface area contributed by atoms with Gasteiger partial charge in [0.25, 0.3) is 0 Å². The van der Waals surface area contributed by atoms with Gasteiger partial charge in [-0.15, -0.1) is 0 Å². The van der Waals surface area contributed by atoms with Gasteiger partial charge in [0.2, 0.25) is 0 Å². The number of carbonyl (C=O) groups is 1. The van der Waals surface area contributed by atoms with Crippen molar-refractivity contribution in [3.8, 4) is 0 Å². The van der Waals surface area contributed by atoms with Crippen LogP contribution in [0.3, 0.4) is 0 Å². The standard InChI is InChI=1S/C12H17ClN4O2/c1-19-12(18)7-3-2-4-8(5-7)17-11-9(13)10(14)15-6-16-11/h6-8H,2-5H2,1H3,(H3,14,15,16,17)/t7-,8+/m1/s1. The number of aromatic nitrogens is 2. The molecule has 0 saturated heterocycles. The smallest absolute Gasteiger partial charge is 0.308 e. The molecule has 0 unspecified atom stereocenters. The van der Waals surface area contributed by atoms with Crippen LogP contribution in [0.15, 0.2) is 6.33 Å². The van der Waals surface area contributed by atoms with E-state index in [1.807, 2.05) is 0 Å². The van der Waals surface area contributed by atoms with E-state index in [0.717, 1.165) is 19.3 Å². The van der Waals surface area contributed by atoms with Crippen LogP contribution in [-0.2, 0) is 9.53 Å². The van der Waals surface area contributed by atoms with Gasteiger partial charge in [-0.1, -0.05) is 18.0 Å². The highest BCUT2D eigenvalue weighted by Gasteiger charge is 2.28. The lowest BCUT2D eigenvalue weighted by molar-refractivity contribution is -0.146. The highest BCUT2D eigenvalue weighted by atomic mass is 35.5. The highest BCUT2D eigenvalue weighted by molar-refractivity contribution is 6.35. The van der Waals surface area contributed by atoms with E-state index in [-0.39, 0.29) is 23.7 Å². The first-order valence-corrected chi connectivity index (χ1v) is 6.60. The summed E-state index contributed by atoms with van der Waals surface area (Å²) < 4.78 is 4.79. The number of halogens is 1. The molecule has 0 radical (unpaired) electrons. The van der Waals surface area contributed by atoms with Gasteiger partial charge in [0.15, 0.2) is 5.82 Å². The fraction of sp³-hybridized carbons (Fsp3) is 0.583. The number of methoxy groups -OCH3 is 1. The topological polar surface area (TPSA) is 90.1 Å². The predicted molar refractivity (Wildman–Crippen MR) is 72.8 cm³/mol. The van der Waals surface area contributed by atoms with E-state index < -0.39 is 0 Å². The van der Waals surface area contributed by atoms with E-state index in [0.29, 0.717) is 17.3 Å². The van der Waals surface area contributed by atoms with Gasteiger partial charge in [-0.3, -0.25) is 4.79 Å². The molecule has 1 saturated carbocycles. The first-order valence-electron chi connectivity index (χ1n) is 6.22. The van der Waals surface area contributed by atoms with Crippen LogP contribution in [0.25, 0.3) is 0 Å². The number of nitrogens with one attached hydrogen (secondary N) is 1. The Labute approximate surface area is 116 Å². The van der Waals surface area contributed by atoms with Crippen molar-refractivity contribution in [2.45, 2.75) is 31.7 Å². The van der Waals surface area contributed by atoms with E-state index in [1.165, 1.54) is 13.4 Å². The van der Waals surface area contributed by atoms with Crippen LogP contribution in [0.2, 0.25) is 5.02 Å². The van der Waals surface area contributed by atoms with Crippen LogP contribution < -0.4 is 11.1 Å². The number of anilines is 2. The molecule has 7 heteroatoms. The second kappa shape index (κ2) is 6.06.